The highest BCUT2D eigenvalue weighted by molar-refractivity contribution is 5.97. The van der Waals surface area contributed by atoms with Crippen LogP contribution in [0.3, 0.4) is 0 Å². The minimum absolute atomic E-state index is 0.116. The second-order valence-electron chi connectivity index (χ2n) is 4.22. The first-order chi connectivity index (χ1) is 8.86. The third-order valence-corrected chi connectivity index (χ3v) is 2.61. The van der Waals surface area contributed by atoms with E-state index in [1.807, 2.05) is 0 Å². The molecule has 1 aromatic rings. The maximum absolute atomic E-state index is 11.9. The number of H-pyrrole nitrogens is 1. The minimum Gasteiger partial charge on any atom is -0.480 e. The highest BCUT2D eigenvalue weighted by Gasteiger charge is 2.22. The molecule has 1 rings (SSSR count). The highest BCUT2D eigenvalue weighted by atomic mass is 16.4. The summed E-state index contributed by atoms with van der Waals surface area (Å²) in [7, 11) is 0. The molecular weight excluding hydrogens is 252 g/mol. The molecule has 0 aliphatic rings. The van der Waals surface area contributed by atoms with E-state index < -0.39 is 23.5 Å². The fraction of sp³-hybridized carbons (Fsp3) is 0.417. The van der Waals surface area contributed by atoms with E-state index in [0.717, 1.165) is 0 Å². The summed E-state index contributed by atoms with van der Waals surface area (Å²) >= 11 is 0. The number of aliphatic carboxylic acids is 1. The number of carbonyl (C=O) groups excluding carboxylic acids is 1. The van der Waals surface area contributed by atoms with Gasteiger partial charge in [-0.2, -0.15) is 0 Å². The molecule has 4 N–H and O–H groups in total. The van der Waals surface area contributed by atoms with Crippen molar-refractivity contribution in [3.05, 3.63) is 33.2 Å². The lowest BCUT2D eigenvalue weighted by atomic mass is 10.1. The molecule has 0 saturated carbocycles. The lowest BCUT2D eigenvalue weighted by Crippen LogP contribution is -2.43. The number of rotatable bonds is 5. The van der Waals surface area contributed by atoms with Crippen LogP contribution in [0.15, 0.2) is 10.9 Å². The lowest BCUT2D eigenvalue weighted by molar-refractivity contribution is -0.139. The third-order valence-electron chi connectivity index (χ3n) is 2.61. The van der Waals surface area contributed by atoms with Crippen molar-refractivity contribution in [2.24, 2.45) is 0 Å². The van der Waals surface area contributed by atoms with Crippen molar-refractivity contribution in [2.45, 2.75) is 26.3 Å². The number of hydrogen-bond donors (Lipinski definition) is 4. The average molecular weight is 268 g/mol. The number of aromatic nitrogens is 1. The van der Waals surface area contributed by atoms with Crippen LogP contribution in [-0.2, 0) is 4.79 Å². The molecule has 0 radical (unpaired) electrons. The summed E-state index contributed by atoms with van der Waals surface area (Å²) in [6.45, 7) is 2.90. The molecule has 104 valence electrons. The van der Waals surface area contributed by atoms with Gasteiger partial charge in [-0.15, -0.1) is 0 Å². The van der Waals surface area contributed by atoms with Crippen molar-refractivity contribution in [3.63, 3.8) is 0 Å². The Hall–Kier alpha value is -2.15. The Bertz CT molecular complexity index is 550. The first kappa shape index (κ1) is 14.9. The summed E-state index contributed by atoms with van der Waals surface area (Å²) in [6, 6.07) is 0.399. The molecule has 0 spiro atoms. The van der Waals surface area contributed by atoms with E-state index in [0.29, 0.717) is 11.3 Å². The van der Waals surface area contributed by atoms with Gasteiger partial charge in [-0.1, -0.05) is 0 Å². The molecule has 0 aliphatic carbocycles. The molecule has 0 saturated heterocycles. The highest BCUT2D eigenvalue weighted by Crippen LogP contribution is 2.04. The molecule has 1 heterocycles. The zero-order chi connectivity index (χ0) is 14.6. The Morgan fingerprint density at radius 2 is 2.05 bits per heavy atom. The Morgan fingerprint density at radius 1 is 1.42 bits per heavy atom. The second-order valence-corrected chi connectivity index (χ2v) is 4.22. The van der Waals surface area contributed by atoms with Crippen molar-refractivity contribution in [3.8, 4) is 0 Å². The molecule has 0 aromatic carbocycles. The summed E-state index contributed by atoms with van der Waals surface area (Å²) in [6.07, 6.45) is -0.121. The number of carboxylic acids is 1. The zero-order valence-corrected chi connectivity index (χ0v) is 10.7. The largest absolute Gasteiger partial charge is 0.480 e. The minimum atomic E-state index is -1.26. The standard InChI is InChI=1S/C12H16N2O5/c1-6-5-7(2)13-10(16)9(6)11(17)14-8(3-4-15)12(18)19/h5,8,15H,3-4H2,1-2H3,(H,13,16)(H,14,17)(H,18,19)/t8-/m0/s1. The quantitative estimate of drug-likeness (QED) is 0.577. The number of carbonyl (C=O) groups is 2. The van der Waals surface area contributed by atoms with Crippen LogP contribution >= 0.6 is 0 Å². The van der Waals surface area contributed by atoms with Crippen molar-refractivity contribution in [1.82, 2.24) is 10.3 Å². The van der Waals surface area contributed by atoms with Crippen molar-refractivity contribution in [1.29, 1.82) is 0 Å². The molecule has 1 atom stereocenters. The SMILES string of the molecule is Cc1cc(C)c(C(=O)N[C@@H](CCO)C(=O)O)c(=O)[nH]1. The van der Waals surface area contributed by atoms with E-state index in [2.05, 4.69) is 10.3 Å². The van der Waals surface area contributed by atoms with E-state index in [9.17, 15) is 14.4 Å². The molecule has 1 aromatic heterocycles. The molecule has 0 bridgehead atoms. The fourth-order valence-electron chi connectivity index (χ4n) is 1.75. The summed E-state index contributed by atoms with van der Waals surface area (Å²) in [5.41, 5.74) is 0.397. The van der Waals surface area contributed by atoms with Crippen LogP contribution in [0.25, 0.3) is 0 Å². The van der Waals surface area contributed by atoms with Gasteiger partial charge in [0.2, 0.25) is 0 Å². The third kappa shape index (κ3) is 3.65. The van der Waals surface area contributed by atoms with Gasteiger partial charge in [0.25, 0.3) is 11.5 Å². The Kier molecular flexibility index (Phi) is 4.82. The van der Waals surface area contributed by atoms with Crippen molar-refractivity contribution < 1.29 is 19.8 Å². The van der Waals surface area contributed by atoms with Crippen LogP contribution in [0, 0.1) is 13.8 Å². The van der Waals surface area contributed by atoms with Crippen molar-refractivity contribution in [2.75, 3.05) is 6.61 Å². The molecule has 1 amide bonds. The van der Waals surface area contributed by atoms with Crippen LogP contribution in [0.5, 0.6) is 0 Å². The van der Waals surface area contributed by atoms with Gasteiger partial charge in [0, 0.05) is 18.7 Å². The predicted octanol–water partition coefficient (Wildman–Crippen LogP) is -0.443. The van der Waals surface area contributed by atoms with E-state index in [1.54, 1.807) is 19.9 Å². The number of aryl methyl sites for hydroxylation is 2. The Labute approximate surface area is 109 Å². The number of aliphatic hydroxyl groups is 1. The maximum atomic E-state index is 11.9. The lowest BCUT2D eigenvalue weighted by Gasteiger charge is -2.14. The first-order valence-corrected chi connectivity index (χ1v) is 5.72. The Morgan fingerprint density at radius 3 is 2.53 bits per heavy atom. The number of carboxylic acid groups (broad SMARTS) is 1. The number of hydrogen-bond acceptors (Lipinski definition) is 4. The van der Waals surface area contributed by atoms with E-state index >= 15 is 0 Å². The number of nitrogens with one attached hydrogen (secondary N) is 2. The van der Waals surface area contributed by atoms with Crippen molar-refractivity contribution >= 4 is 11.9 Å². The molecule has 19 heavy (non-hydrogen) atoms. The maximum Gasteiger partial charge on any atom is 0.326 e. The molecule has 7 heteroatoms. The summed E-state index contributed by atoms with van der Waals surface area (Å²) in [4.78, 5) is 37.0. The average Bonchev–Trinajstić information content (AvgIpc) is 2.26. The van der Waals surface area contributed by atoms with Crippen LogP contribution in [-0.4, -0.2) is 39.7 Å². The van der Waals surface area contributed by atoms with Gasteiger partial charge >= 0.3 is 5.97 Å². The predicted molar refractivity (Wildman–Crippen MR) is 67.1 cm³/mol. The van der Waals surface area contributed by atoms with E-state index in [-0.39, 0.29) is 18.6 Å². The molecule has 0 fully saturated rings. The van der Waals surface area contributed by atoms with Gasteiger partial charge in [-0.3, -0.25) is 9.59 Å². The van der Waals surface area contributed by atoms with Gasteiger partial charge in [0.05, 0.1) is 0 Å². The normalized spacial score (nSPS) is 11.9. The van der Waals surface area contributed by atoms with Crippen LogP contribution in [0.4, 0.5) is 0 Å². The summed E-state index contributed by atoms with van der Waals surface area (Å²) in [5.74, 6) is -2.02. The van der Waals surface area contributed by atoms with Gasteiger partial charge < -0.3 is 20.5 Å². The monoisotopic (exact) mass is 268 g/mol. The van der Waals surface area contributed by atoms with Gasteiger partial charge in [0.1, 0.15) is 11.6 Å². The van der Waals surface area contributed by atoms with Gasteiger partial charge in [0.15, 0.2) is 0 Å². The molecular formula is C12H16N2O5. The number of aromatic amines is 1. The van der Waals surface area contributed by atoms with Crippen LogP contribution in [0.2, 0.25) is 0 Å². The number of aliphatic hydroxyl groups excluding tert-OH is 1. The van der Waals surface area contributed by atoms with E-state index in [4.69, 9.17) is 10.2 Å². The van der Waals surface area contributed by atoms with Gasteiger partial charge in [-0.05, 0) is 25.5 Å². The first-order valence-electron chi connectivity index (χ1n) is 5.72. The molecule has 0 aliphatic heterocycles. The summed E-state index contributed by atoms with van der Waals surface area (Å²) < 4.78 is 0. The smallest absolute Gasteiger partial charge is 0.326 e. The van der Waals surface area contributed by atoms with Gasteiger partial charge in [-0.25, -0.2) is 4.79 Å². The molecule has 7 nitrogen and oxygen atoms in total. The Balaban J connectivity index is 3.01. The number of amides is 1. The zero-order valence-electron chi connectivity index (χ0n) is 10.7. The summed E-state index contributed by atoms with van der Waals surface area (Å²) in [5, 5.41) is 19.8. The topological polar surface area (TPSA) is 119 Å². The fourth-order valence-corrected chi connectivity index (χ4v) is 1.75. The van der Waals surface area contributed by atoms with Crippen LogP contribution < -0.4 is 10.9 Å². The second kappa shape index (κ2) is 6.14. The van der Waals surface area contributed by atoms with E-state index in [1.165, 1.54) is 0 Å². The van der Waals surface area contributed by atoms with Crippen LogP contribution in [0.1, 0.15) is 28.0 Å². The number of pyridine rings is 1. The molecule has 0 unspecified atom stereocenters.